The van der Waals surface area contributed by atoms with Crippen LogP contribution in [0.25, 0.3) is 6.08 Å². The molecule has 2 heterocycles. The van der Waals surface area contributed by atoms with Crippen molar-refractivity contribution >= 4 is 27.7 Å². The SMILES string of the molecule is COc1ccc2c(c1)CCCN2CC(=O)N1CCN(S(=O)(=O)/C=C/c2ccccc2)CC1. The van der Waals surface area contributed by atoms with Crippen molar-refractivity contribution in [2.24, 2.45) is 0 Å². The monoisotopic (exact) mass is 455 g/mol. The van der Waals surface area contributed by atoms with Gasteiger partial charge in [0.05, 0.1) is 13.7 Å². The number of methoxy groups -OCH3 is 1. The smallest absolute Gasteiger partial charge is 0.242 e. The third-order valence-corrected chi connectivity index (χ3v) is 7.58. The van der Waals surface area contributed by atoms with Crippen LogP contribution in [0.2, 0.25) is 0 Å². The summed E-state index contributed by atoms with van der Waals surface area (Å²) in [6.07, 6.45) is 3.58. The molecule has 2 aliphatic heterocycles. The van der Waals surface area contributed by atoms with Gasteiger partial charge in [-0.05, 0) is 48.2 Å². The molecular formula is C24H29N3O4S. The second-order valence-electron chi connectivity index (χ2n) is 8.06. The molecule has 7 nitrogen and oxygen atoms in total. The Hall–Kier alpha value is -2.84. The fourth-order valence-electron chi connectivity index (χ4n) is 4.21. The second-order valence-corrected chi connectivity index (χ2v) is 9.88. The number of amides is 1. The average Bonchev–Trinajstić information content (AvgIpc) is 2.83. The molecule has 0 spiro atoms. The summed E-state index contributed by atoms with van der Waals surface area (Å²) in [6.45, 7) is 2.56. The summed E-state index contributed by atoms with van der Waals surface area (Å²) in [5.74, 6) is 0.862. The quantitative estimate of drug-likeness (QED) is 0.670. The number of sulfonamides is 1. The summed E-state index contributed by atoms with van der Waals surface area (Å²) in [5, 5.41) is 1.25. The maximum atomic E-state index is 12.9. The third-order valence-electron chi connectivity index (χ3n) is 6.01. The van der Waals surface area contributed by atoms with Crippen LogP contribution in [0.5, 0.6) is 5.75 Å². The molecule has 1 saturated heterocycles. The lowest BCUT2D eigenvalue weighted by Crippen LogP contribution is -2.52. The van der Waals surface area contributed by atoms with Gasteiger partial charge in [-0.2, -0.15) is 4.31 Å². The Bertz CT molecular complexity index is 1080. The lowest BCUT2D eigenvalue weighted by Gasteiger charge is -2.36. The van der Waals surface area contributed by atoms with Crippen LogP contribution in [0.1, 0.15) is 17.5 Å². The highest BCUT2D eigenvalue weighted by atomic mass is 32.2. The van der Waals surface area contributed by atoms with Crippen molar-refractivity contribution in [3.63, 3.8) is 0 Å². The van der Waals surface area contributed by atoms with E-state index in [0.29, 0.717) is 32.7 Å². The van der Waals surface area contributed by atoms with Crippen LogP contribution in [0.4, 0.5) is 5.69 Å². The number of hydrogen-bond donors (Lipinski definition) is 0. The van der Waals surface area contributed by atoms with Crippen molar-refractivity contribution in [2.75, 3.05) is 51.3 Å². The van der Waals surface area contributed by atoms with Gasteiger partial charge in [0.2, 0.25) is 15.9 Å². The lowest BCUT2D eigenvalue weighted by molar-refractivity contribution is -0.130. The molecule has 0 radical (unpaired) electrons. The third kappa shape index (κ3) is 5.14. The summed E-state index contributed by atoms with van der Waals surface area (Å²) < 4.78 is 32.1. The number of piperazine rings is 1. The van der Waals surface area contributed by atoms with Gasteiger partial charge in [-0.3, -0.25) is 4.79 Å². The van der Waals surface area contributed by atoms with Crippen molar-refractivity contribution in [2.45, 2.75) is 12.8 Å². The van der Waals surface area contributed by atoms with Crippen LogP contribution in [0, 0.1) is 0 Å². The number of ether oxygens (including phenoxy) is 1. The summed E-state index contributed by atoms with van der Waals surface area (Å²) >= 11 is 0. The standard InChI is InChI=1S/C24H29N3O4S/c1-31-22-9-10-23-21(18-22)8-5-12-26(23)19-24(28)25-13-15-27(16-14-25)32(29,30)17-11-20-6-3-2-4-7-20/h2-4,6-7,9-11,17-18H,5,8,12-16,19H2,1H3/b17-11+. The molecule has 0 bridgehead atoms. The molecule has 1 amide bonds. The largest absolute Gasteiger partial charge is 0.497 e. The number of aryl methyl sites for hydroxylation is 1. The first-order valence-electron chi connectivity index (χ1n) is 10.9. The van der Waals surface area contributed by atoms with Gasteiger partial charge in [-0.25, -0.2) is 8.42 Å². The number of anilines is 1. The Morgan fingerprint density at radius 2 is 1.78 bits per heavy atom. The molecule has 4 rings (SSSR count). The summed E-state index contributed by atoms with van der Waals surface area (Å²) in [5.41, 5.74) is 3.12. The minimum absolute atomic E-state index is 0.0329. The lowest BCUT2D eigenvalue weighted by atomic mass is 10.0. The van der Waals surface area contributed by atoms with E-state index in [1.807, 2.05) is 48.5 Å². The molecule has 170 valence electrons. The van der Waals surface area contributed by atoms with E-state index in [4.69, 9.17) is 4.74 Å². The molecule has 32 heavy (non-hydrogen) atoms. The highest BCUT2D eigenvalue weighted by Gasteiger charge is 2.29. The van der Waals surface area contributed by atoms with E-state index in [2.05, 4.69) is 4.90 Å². The highest BCUT2D eigenvalue weighted by molar-refractivity contribution is 7.92. The van der Waals surface area contributed by atoms with Crippen molar-refractivity contribution < 1.29 is 17.9 Å². The van der Waals surface area contributed by atoms with E-state index in [9.17, 15) is 13.2 Å². The molecule has 8 heteroatoms. The van der Waals surface area contributed by atoms with Gasteiger partial charge in [-0.15, -0.1) is 0 Å². The Morgan fingerprint density at radius 3 is 2.50 bits per heavy atom. The number of carbonyl (C=O) groups is 1. The van der Waals surface area contributed by atoms with Gasteiger partial charge in [0, 0.05) is 43.8 Å². The van der Waals surface area contributed by atoms with Crippen molar-refractivity contribution in [1.82, 2.24) is 9.21 Å². The summed E-state index contributed by atoms with van der Waals surface area (Å²) in [7, 11) is -1.86. The Morgan fingerprint density at radius 1 is 1.03 bits per heavy atom. The van der Waals surface area contributed by atoms with Gasteiger partial charge < -0.3 is 14.5 Å². The van der Waals surface area contributed by atoms with Crippen LogP contribution >= 0.6 is 0 Å². The first kappa shape index (κ1) is 22.4. The number of benzene rings is 2. The second kappa shape index (κ2) is 9.75. The first-order chi connectivity index (χ1) is 15.5. The predicted octanol–water partition coefficient (Wildman–Crippen LogP) is 2.59. The molecule has 0 saturated carbocycles. The van der Waals surface area contributed by atoms with Crippen molar-refractivity contribution in [3.05, 3.63) is 65.1 Å². The Kier molecular flexibility index (Phi) is 6.81. The molecule has 2 aliphatic rings. The average molecular weight is 456 g/mol. The molecule has 2 aromatic carbocycles. The van der Waals surface area contributed by atoms with Crippen LogP contribution in [-0.4, -0.2) is 69.9 Å². The Balaban J connectivity index is 1.34. The number of fused-ring (bicyclic) bond motifs is 1. The van der Waals surface area contributed by atoms with E-state index in [-0.39, 0.29) is 5.91 Å². The fourth-order valence-corrected chi connectivity index (χ4v) is 5.39. The zero-order chi connectivity index (χ0) is 22.6. The van der Waals surface area contributed by atoms with Gasteiger partial charge >= 0.3 is 0 Å². The molecule has 2 aromatic rings. The van der Waals surface area contributed by atoms with E-state index in [1.165, 1.54) is 15.3 Å². The van der Waals surface area contributed by atoms with Gasteiger partial charge in [0.1, 0.15) is 5.75 Å². The molecule has 0 atom stereocenters. The van der Waals surface area contributed by atoms with E-state index < -0.39 is 10.0 Å². The number of nitrogens with zero attached hydrogens (tertiary/aromatic N) is 3. The topological polar surface area (TPSA) is 70.2 Å². The minimum atomic E-state index is -3.51. The normalized spacial score (nSPS) is 17.4. The number of rotatable bonds is 6. The predicted molar refractivity (Wildman–Crippen MR) is 126 cm³/mol. The number of carbonyl (C=O) groups excluding carboxylic acids is 1. The Labute approximate surface area is 189 Å². The van der Waals surface area contributed by atoms with Gasteiger partial charge in [-0.1, -0.05) is 30.3 Å². The van der Waals surface area contributed by atoms with Crippen LogP contribution in [0.3, 0.4) is 0 Å². The van der Waals surface area contributed by atoms with Gasteiger partial charge in [0.15, 0.2) is 0 Å². The summed E-state index contributed by atoms with van der Waals surface area (Å²) in [6, 6.07) is 15.3. The first-order valence-corrected chi connectivity index (χ1v) is 12.4. The maximum absolute atomic E-state index is 12.9. The van der Waals surface area contributed by atoms with Crippen molar-refractivity contribution in [1.29, 1.82) is 0 Å². The molecule has 0 N–H and O–H groups in total. The molecular weight excluding hydrogens is 426 g/mol. The molecule has 1 fully saturated rings. The van der Waals surface area contributed by atoms with Crippen LogP contribution in [0.15, 0.2) is 53.9 Å². The summed E-state index contributed by atoms with van der Waals surface area (Å²) in [4.78, 5) is 16.8. The molecule has 0 unspecified atom stereocenters. The fraction of sp³-hybridized carbons (Fsp3) is 0.375. The number of hydrogen-bond acceptors (Lipinski definition) is 5. The minimum Gasteiger partial charge on any atom is -0.497 e. The van der Waals surface area contributed by atoms with Crippen LogP contribution < -0.4 is 9.64 Å². The van der Waals surface area contributed by atoms with E-state index in [0.717, 1.165) is 36.4 Å². The highest BCUT2D eigenvalue weighted by Crippen LogP contribution is 2.30. The van der Waals surface area contributed by atoms with Crippen LogP contribution in [-0.2, 0) is 21.2 Å². The van der Waals surface area contributed by atoms with E-state index >= 15 is 0 Å². The molecule has 0 aromatic heterocycles. The zero-order valence-corrected chi connectivity index (χ0v) is 19.1. The molecule has 0 aliphatic carbocycles. The maximum Gasteiger partial charge on any atom is 0.242 e. The van der Waals surface area contributed by atoms with Gasteiger partial charge in [0.25, 0.3) is 0 Å². The zero-order valence-electron chi connectivity index (χ0n) is 18.3. The van der Waals surface area contributed by atoms with E-state index in [1.54, 1.807) is 18.1 Å². The van der Waals surface area contributed by atoms with Crippen molar-refractivity contribution in [3.8, 4) is 5.75 Å².